The van der Waals surface area contributed by atoms with Crippen molar-refractivity contribution in [3.63, 3.8) is 0 Å². The van der Waals surface area contributed by atoms with Gasteiger partial charge in [-0.25, -0.2) is 4.39 Å². The molecule has 0 fully saturated rings. The van der Waals surface area contributed by atoms with Gasteiger partial charge in [-0.2, -0.15) is 0 Å². The van der Waals surface area contributed by atoms with Crippen LogP contribution < -0.4 is 5.32 Å². The lowest BCUT2D eigenvalue weighted by molar-refractivity contribution is -0.482. The van der Waals surface area contributed by atoms with Crippen LogP contribution in [0.25, 0.3) is 0 Å². The van der Waals surface area contributed by atoms with Gasteiger partial charge in [0.05, 0.1) is 5.69 Å². The van der Waals surface area contributed by atoms with Crippen molar-refractivity contribution in [3.8, 4) is 0 Å². The Hall–Kier alpha value is -2.50. The van der Waals surface area contributed by atoms with Crippen LogP contribution in [0.2, 0.25) is 0 Å². The van der Waals surface area contributed by atoms with Gasteiger partial charge in [0.2, 0.25) is 6.54 Å². The van der Waals surface area contributed by atoms with Crippen LogP contribution in [0.15, 0.2) is 48.8 Å². The molecule has 0 radical (unpaired) electrons. The number of hydrogen-bond acceptors (Lipinski definition) is 4. The Morgan fingerprint density at radius 1 is 1.26 bits per heavy atom. The third-order valence-electron chi connectivity index (χ3n) is 2.64. The van der Waals surface area contributed by atoms with E-state index in [4.69, 9.17) is 0 Å². The lowest BCUT2D eigenvalue weighted by atomic mass is 10.1. The Kier molecular flexibility index (Phi) is 4.02. The second kappa shape index (κ2) is 5.90. The van der Waals surface area contributed by atoms with Gasteiger partial charge in [0.25, 0.3) is 0 Å². The summed E-state index contributed by atoms with van der Waals surface area (Å²) in [5.74, 6) is -0.440. The Morgan fingerprint density at radius 2 is 1.95 bits per heavy atom. The first-order valence-electron chi connectivity index (χ1n) is 5.69. The van der Waals surface area contributed by atoms with Gasteiger partial charge < -0.3 is 5.32 Å². The summed E-state index contributed by atoms with van der Waals surface area (Å²) in [7, 11) is 0. The number of halogens is 1. The number of nitrogens with one attached hydrogen (secondary N) is 1. The highest BCUT2D eigenvalue weighted by Gasteiger charge is 2.18. The minimum Gasteiger partial charge on any atom is -0.370 e. The molecule has 19 heavy (non-hydrogen) atoms. The van der Waals surface area contributed by atoms with Crippen molar-refractivity contribution in [3.05, 3.63) is 70.3 Å². The average molecular weight is 261 g/mol. The van der Waals surface area contributed by atoms with Gasteiger partial charge in [-0.1, -0.05) is 12.1 Å². The number of anilines is 1. The molecule has 0 aliphatic rings. The van der Waals surface area contributed by atoms with Crippen molar-refractivity contribution in [1.29, 1.82) is 0 Å². The first-order valence-corrected chi connectivity index (χ1v) is 5.69. The molecule has 1 aromatic heterocycles. The molecule has 6 heteroatoms. The highest BCUT2D eigenvalue weighted by atomic mass is 19.1. The fraction of sp³-hybridized carbons (Fsp3) is 0.154. The van der Waals surface area contributed by atoms with Crippen LogP contribution in [0.1, 0.15) is 11.6 Å². The van der Waals surface area contributed by atoms with Crippen LogP contribution in [0.5, 0.6) is 0 Å². The predicted molar refractivity (Wildman–Crippen MR) is 68.9 cm³/mol. The van der Waals surface area contributed by atoms with Crippen molar-refractivity contribution in [1.82, 2.24) is 4.98 Å². The van der Waals surface area contributed by atoms with E-state index in [-0.39, 0.29) is 12.2 Å². The number of pyridine rings is 1. The van der Waals surface area contributed by atoms with Crippen LogP contribution in [-0.2, 0) is 0 Å². The van der Waals surface area contributed by atoms with Crippen molar-refractivity contribution in [2.45, 2.75) is 6.04 Å². The van der Waals surface area contributed by atoms with Gasteiger partial charge in [-0.05, 0) is 29.8 Å². The lowest BCUT2D eigenvalue weighted by Crippen LogP contribution is -2.20. The third kappa shape index (κ3) is 3.48. The fourth-order valence-electron chi connectivity index (χ4n) is 1.75. The second-order valence-electron chi connectivity index (χ2n) is 3.97. The molecule has 1 heterocycles. The van der Waals surface area contributed by atoms with E-state index in [2.05, 4.69) is 10.3 Å². The van der Waals surface area contributed by atoms with Crippen molar-refractivity contribution >= 4 is 5.69 Å². The summed E-state index contributed by atoms with van der Waals surface area (Å²) in [6, 6.07) is 8.82. The molecule has 1 unspecified atom stereocenters. The molecule has 0 saturated heterocycles. The standard InChI is InChI=1S/C13H12FN3O2/c14-11-3-1-2-4-12(11)16-13(9-17(18)19)10-5-7-15-8-6-10/h1-8,13,16H,9H2. The van der Waals surface area contributed by atoms with E-state index in [1.54, 1.807) is 42.7 Å². The van der Waals surface area contributed by atoms with E-state index in [0.717, 1.165) is 0 Å². The maximum atomic E-state index is 13.6. The Bertz CT molecular complexity index is 563. The summed E-state index contributed by atoms with van der Waals surface area (Å²) in [6.07, 6.45) is 3.09. The lowest BCUT2D eigenvalue weighted by Gasteiger charge is -2.16. The van der Waals surface area contributed by atoms with E-state index < -0.39 is 16.8 Å². The van der Waals surface area contributed by atoms with Gasteiger partial charge >= 0.3 is 0 Å². The summed E-state index contributed by atoms with van der Waals surface area (Å²) in [5, 5.41) is 13.6. The first kappa shape index (κ1) is 12.9. The van der Waals surface area contributed by atoms with Gasteiger partial charge in [0, 0.05) is 17.3 Å². The molecule has 0 aliphatic heterocycles. The van der Waals surface area contributed by atoms with Gasteiger partial charge in [0.1, 0.15) is 11.9 Å². The molecular weight excluding hydrogens is 249 g/mol. The van der Waals surface area contributed by atoms with Crippen LogP contribution in [-0.4, -0.2) is 16.5 Å². The molecule has 0 bridgehead atoms. The number of benzene rings is 1. The molecule has 2 aromatic rings. The van der Waals surface area contributed by atoms with E-state index >= 15 is 0 Å². The van der Waals surface area contributed by atoms with E-state index in [1.807, 2.05) is 0 Å². The molecule has 0 aliphatic carbocycles. The molecular formula is C13H12FN3O2. The van der Waals surface area contributed by atoms with Gasteiger partial charge in [-0.3, -0.25) is 15.1 Å². The second-order valence-corrected chi connectivity index (χ2v) is 3.97. The molecule has 0 amide bonds. The highest BCUT2D eigenvalue weighted by Crippen LogP contribution is 2.21. The summed E-state index contributed by atoms with van der Waals surface area (Å²) in [4.78, 5) is 14.1. The number of hydrogen-bond donors (Lipinski definition) is 1. The van der Waals surface area contributed by atoms with Crippen LogP contribution in [0.4, 0.5) is 10.1 Å². The number of nitro groups is 1. The van der Waals surface area contributed by atoms with E-state index in [9.17, 15) is 14.5 Å². The topological polar surface area (TPSA) is 68.1 Å². The highest BCUT2D eigenvalue weighted by molar-refractivity contribution is 5.46. The molecule has 1 aromatic carbocycles. The van der Waals surface area contributed by atoms with E-state index in [1.165, 1.54) is 6.07 Å². The van der Waals surface area contributed by atoms with Crippen LogP contribution >= 0.6 is 0 Å². The molecule has 0 saturated carbocycles. The SMILES string of the molecule is O=[N+]([O-])CC(Nc1ccccc1F)c1ccncc1. The number of nitrogens with zero attached hydrogens (tertiary/aromatic N) is 2. The summed E-state index contributed by atoms with van der Waals surface area (Å²) >= 11 is 0. The van der Waals surface area contributed by atoms with Crippen LogP contribution in [0, 0.1) is 15.9 Å². The average Bonchev–Trinajstić information content (AvgIpc) is 2.41. The predicted octanol–water partition coefficient (Wildman–Crippen LogP) is 2.65. The molecule has 1 N–H and O–H groups in total. The first-order chi connectivity index (χ1) is 9.16. The van der Waals surface area contributed by atoms with Crippen LogP contribution in [0.3, 0.4) is 0 Å². The minimum atomic E-state index is -0.602. The largest absolute Gasteiger partial charge is 0.370 e. The Labute approximate surface area is 109 Å². The third-order valence-corrected chi connectivity index (χ3v) is 2.64. The molecule has 1 atom stereocenters. The van der Waals surface area contributed by atoms with Crippen molar-refractivity contribution < 1.29 is 9.31 Å². The summed E-state index contributed by atoms with van der Waals surface area (Å²) in [5.41, 5.74) is 0.932. The number of rotatable bonds is 5. The quantitative estimate of drug-likeness (QED) is 0.663. The maximum Gasteiger partial charge on any atom is 0.227 e. The Balaban J connectivity index is 2.24. The fourth-order valence-corrected chi connectivity index (χ4v) is 1.75. The van der Waals surface area contributed by atoms with Crippen molar-refractivity contribution in [2.75, 3.05) is 11.9 Å². The number of para-hydroxylation sites is 1. The zero-order valence-corrected chi connectivity index (χ0v) is 9.99. The summed E-state index contributed by atoms with van der Waals surface area (Å²) in [6.45, 7) is -0.335. The zero-order chi connectivity index (χ0) is 13.7. The molecule has 5 nitrogen and oxygen atoms in total. The zero-order valence-electron chi connectivity index (χ0n) is 9.99. The van der Waals surface area contributed by atoms with Crippen molar-refractivity contribution in [2.24, 2.45) is 0 Å². The minimum absolute atomic E-state index is 0.242. The van der Waals surface area contributed by atoms with Gasteiger partial charge in [-0.15, -0.1) is 0 Å². The maximum absolute atomic E-state index is 13.6. The molecule has 0 spiro atoms. The van der Waals surface area contributed by atoms with Gasteiger partial charge in [0.15, 0.2) is 0 Å². The summed E-state index contributed by atoms with van der Waals surface area (Å²) < 4.78 is 13.6. The normalized spacial score (nSPS) is 11.8. The van der Waals surface area contributed by atoms with E-state index in [0.29, 0.717) is 5.56 Å². The molecule has 2 rings (SSSR count). The monoisotopic (exact) mass is 261 g/mol. The smallest absolute Gasteiger partial charge is 0.227 e. The molecule has 98 valence electrons. The Morgan fingerprint density at radius 3 is 2.58 bits per heavy atom. The number of aromatic nitrogens is 1.